The van der Waals surface area contributed by atoms with Crippen molar-refractivity contribution in [3.8, 4) is 28.1 Å². The SMILES string of the molecule is [C-]#[N+]c1c(OCC)cccc1-c1c(-c2cc(F)c3c(c2)C(CN)=NCC3=O)cnn1C. The van der Waals surface area contributed by atoms with Crippen molar-refractivity contribution >= 4 is 17.2 Å². The minimum absolute atomic E-state index is 0.0184. The summed E-state index contributed by atoms with van der Waals surface area (Å²) in [5.41, 5.74) is 9.45. The Morgan fingerprint density at radius 3 is 2.81 bits per heavy atom. The number of ketones is 1. The molecule has 0 saturated heterocycles. The molecule has 1 aliphatic heterocycles. The molecule has 0 fully saturated rings. The van der Waals surface area contributed by atoms with Crippen molar-refractivity contribution in [3.05, 3.63) is 64.9 Å². The molecule has 0 amide bonds. The molecule has 7 nitrogen and oxygen atoms in total. The van der Waals surface area contributed by atoms with Crippen LogP contribution in [0.15, 0.2) is 41.5 Å². The number of rotatable bonds is 5. The molecular weight excluding hydrogens is 397 g/mol. The number of carbonyl (C=O) groups is 1. The first-order valence-corrected chi connectivity index (χ1v) is 9.76. The zero-order valence-electron chi connectivity index (χ0n) is 17.1. The quantitative estimate of drug-likeness (QED) is 0.640. The van der Waals surface area contributed by atoms with Crippen LogP contribution in [0.3, 0.4) is 0 Å². The van der Waals surface area contributed by atoms with Crippen molar-refractivity contribution in [3.63, 3.8) is 0 Å². The van der Waals surface area contributed by atoms with Gasteiger partial charge >= 0.3 is 0 Å². The summed E-state index contributed by atoms with van der Waals surface area (Å²) in [5, 5.41) is 4.34. The van der Waals surface area contributed by atoms with Crippen LogP contribution in [0.4, 0.5) is 10.1 Å². The molecule has 0 atom stereocenters. The Morgan fingerprint density at radius 1 is 1.29 bits per heavy atom. The van der Waals surface area contributed by atoms with Gasteiger partial charge in [0, 0.05) is 30.3 Å². The Hall–Kier alpha value is -3.83. The lowest BCUT2D eigenvalue weighted by atomic mass is 9.91. The average molecular weight is 417 g/mol. The standard InChI is InChI=1S/C23H20FN5O2/c1-4-31-20-7-5-6-14(22(20)26-2)23-16(11-28-29(23)3)13-8-15-18(10-25)27-12-19(30)21(15)17(24)9-13/h5-9,11H,4,10,12,25H2,1,3H3. The maximum Gasteiger partial charge on any atom is 0.237 e. The Morgan fingerprint density at radius 2 is 2.10 bits per heavy atom. The molecule has 8 heteroatoms. The maximum atomic E-state index is 15.0. The lowest BCUT2D eigenvalue weighted by Crippen LogP contribution is -2.26. The number of aryl methyl sites for hydroxylation is 1. The molecule has 0 aliphatic carbocycles. The summed E-state index contributed by atoms with van der Waals surface area (Å²) in [6.45, 7) is 9.94. The lowest BCUT2D eigenvalue weighted by Gasteiger charge is -2.18. The van der Waals surface area contributed by atoms with Crippen molar-refractivity contribution in [2.45, 2.75) is 6.92 Å². The first-order valence-electron chi connectivity index (χ1n) is 9.76. The van der Waals surface area contributed by atoms with Gasteiger partial charge in [0.2, 0.25) is 5.69 Å². The predicted octanol–water partition coefficient (Wildman–Crippen LogP) is 3.79. The number of aromatic nitrogens is 2. The number of aliphatic imine (C=N–C) groups is 1. The monoisotopic (exact) mass is 417 g/mol. The molecule has 0 bridgehead atoms. The molecule has 0 radical (unpaired) electrons. The fourth-order valence-corrected chi connectivity index (χ4v) is 3.85. The number of halogens is 1. The third-order valence-electron chi connectivity index (χ3n) is 5.20. The van der Waals surface area contributed by atoms with Gasteiger partial charge in [0.05, 0.1) is 36.3 Å². The smallest absolute Gasteiger partial charge is 0.237 e. The second-order valence-electron chi connectivity index (χ2n) is 7.00. The van der Waals surface area contributed by atoms with E-state index in [1.807, 2.05) is 13.0 Å². The molecule has 1 aliphatic rings. The van der Waals surface area contributed by atoms with Gasteiger partial charge in [0.25, 0.3) is 0 Å². The van der Waals surface area contributed by atoms with Crippen LogP contribution in [0.1, 0.15) is 22.8 Å². The van der Waals surface area contributed by atoms with Gasteiger partial charge in [-0.05, 0) is 30.7 Å². The molecule has 1 aromatic heterocycles. The molecule has 2 N–H and O–H groups in total. The lowest BCUT2D eigenvalue weighted by molar-refractivity contribution is 0.0996. The minimum Gasteiger partial charge on any atom is -0.505 e. The van der Waals surface area contributed by atoms with Gasteiger partial charge in [0.15, 0.2) is 5.78 Å². The third-order valence-corrected chi connectivity index (χ3v) is 5.20. The zero-order chi connectivity index (χ0) is 22.1. The molecule has 2 aromatic carbocycles. The van der Waals surface area contributed by atoms with Crippen molar-refractivity contribution in [1.82, 2.24) is 9.78 Å². The maximum absolute atomic E-state index is 15.0. The van der Waals surface area contributed by atoms with Gasteiger partial charge in [-0.25, -0.2) is 9.24 Å². The number of hydrogen-bond donors (Lipinski definition) is 1. The van der Waals surface area contributed by atoms with E-state index in [9.17, 15) is 4.79 Å². The van der Waals surface area contributed by atoms with E-state index < -0.39 is 5.82 Å². The fourth-order valence-electron chi connectivity index (χ4n) is 3.85. The highest BCUT2D eigenvalue weighted by molar-refractivity contribution is 6.16. The second-order valence-corrected chi connectivity index (χ2v) is 7.00. The summed E-state index contributed by atoms with van der Waals surface area (Å²) < 4.78 is 22.3. The highest BCUT2D eigenvalue weighted by atomic mass is 19.1. The molecule has 31 heavy (non-hydrogen) atoms. The summed E-state index contributed by atoms with van der Waals surface area (Å²) in [7, 11) is 1.75. The van der Waals surface area contributed by atoms with E-state index >= 15 is 4.39 Å². The van der Waals surface area contributed by atoms with E-state index in [0.29, 0.717) is 51.7 Å². The van der Waals surface area contributed by atoms with Crippen molar-refractivity contribution in [2.24, 2.45) is 17.8 Å². The van der Waals surface area contributed by atoms with Crippen molar-refractivity contribution < 1.29 is 13.9 Å². The van der Waals surface area contributed by atoms with E-state index in [1.165, 1.54) is 6.07 Å². The number of Topliss-reactive ketones (excluding diaryl/α,β-unsaturated/α-hetero) is 1. The first-order chi connectivity index (χ1) is 15.0. The number of benzene rings is 2. The van der Waals surface area contributed by atoms with Crippen LogP contribution in [0.25, 0.3) is 27.2 Å². The summed E-state index contributed by atoms with van der Waals surface area (Å²) in [6, 6.07) is 8.38. The van der Waals surface area contributed by atoms with Crippen LogP contribution in [-0.2, 0) is 7.05 Å². The number of fused-ring (bicyclic) bond motifs is 1. The largest absolute Gasteiger partial charge is 0.505 e. The van der Waals surface area contributed by atoms with Crippen molar-refractivity contribution in [2.75, 3.05) is 19.7 Å². The summed E-state index contributed by atoms with van der Waals surface area (Å²) in [6.07, 6.45) is 1.61. The number of nitrogens with zero attached hydrogens (tertiary/aromatic N) is 4. The number of para-hydroxylation sites is 1. The fraction of sp³-hybridized carbons (Fsp3) is 0.217. The summed E-state index contributed by atoms with van der Waals surface area (Å²) in [4.78, 5) is 20.1. The van der Waals surface area contributed by atoms with Gasteiger partial charge in [-0.15, -0.1) is 0 Å². The van der Waals surface area contributed by atoms with Crippen LogP contribution in [0.2, 0.25) is 0 Å². The van der Waals surface area contributed by atoms with Crippen molar-refractivity contribution in [1.29, 1.82) is 0 Å². The molecule has 0 spiro atoms. The van der Waals surface area contributed by atoms with Crippen LogP contribution in [0, 0.1) is 12.4 Å². The Balaban J connectivity index is 1.95. The number of ether oxygens (including phenoxy) is 1. The Bertz CT molecular complexity index is 1270. The molecule has 0 unspecified atom stereocenters. The van der Waals surface area contributed by atoms with Gasteiger partial charge in [0.1, 0.15) is 18.1 Å². The summed E-state index contributed by atoms with van der Waals surface area (Å²) >= 11 is 0. The highest BCUT2D eigenvalue weighted by Gasteiger charge is 2.26. The minimum atomic E-state index is -0.623. The predicted molar refractivity (Wildman–Crippen MR) is 116 cm³/mol. The molecule has 156 valence electrons. The summed E-state index contributed by atoms with van der Waals surface area (Å²) in [5.74, 6) is -0.522. The average Bonchev–Trinajstić information content (AvgIpc) is 3.15. The molecule has 3 aromatic rings. The van der Waals surface area contributed by atoms with Gasteiger partial charge < -0.3 is 10.5 Å². The van der Waals surface area contributed by atoms with Crippen LogP contribution >= 0.6 is 0 Å². The van der Waals surface area contributed by atoms with Crippen LogP contribution in [-0.4, -0.2) is 41.0 Å². The van der Waals surface area contributed by atoms with E-state index in [4.69, 9.17) is 17.0 Å². The zero-order valence-corrected chi connectivity index (χ0v) is 17.1. The van der Waals surface area contributed by atoms with E-state index in [-0.39, 0.29) is 24.4 Å². The van der Waals surface area contributed by atoms with Gasteiger partial charge in [-0.3, -0.25) is 14.5 Å². The molecule has 4 rings (SSSR count). The van der Waals surface area contributed by atoms with Gasteiger partial charge in [-0.1, -0.05) is 12.1 Å². The van der Waals surface area contributed by atoms with E-state index in [1.54, 1.807) is 36.1 Å². The van der Waals surface area contributed by atoms with E-state index in [2.05, 4.69) is 14.9 Å². The first kappa shape index (κ1) is 20.4. The molecular formula is C23H20FN5O2. The molecule has 0 saturated carbocycles. The number of carbonyl (C=O) groups excluding carboxylic acids is 1. The Labute approximate surface area is 178 Å². The topological polar surface area (TPSA) is 86.9 Å². The third kappa shape index (κ3) is 3.39. The number of hydrogen-bond acceptors (Lipinski definition) is 5. The Kier molecular flexibility index (Phi) is 5.36. The van der Waals surface area contributed by atoms with Crippen LogP contribution in [0.5, 0.6) is 5.75 Å². The second kappa shape index (κ2) is 8.13. The highest BCUT2D eigenvalue weighted by Crippen LogP contribution is 2.42. The van der Waals surface area contributed by atoms with Gasteiger partial charge in [-0.2, -0.15) is 5.10 Å². The van der Waals surface area contributed by atoms with Crippen LogP contribution < -0.4 is 10.5 Å². The number of nitrogens with two attached hydrogens (primary N) is 1. The normalized spacial score (nSPS) is 12.9. The van der Waals surface area contributed by atoms with E-state index in [0.717, 1.165) is 0 Å². The molecule has 2 heterocycles.